The molecule has 0 bridgehead atoms. The zero-order valence-electron chi connectivity index (χ0n) is 11.2. The zero-order valence-corrected chi connectivity index (χ0v) is 11.2. The topological polar surface area (TPSA) is 15.7 Å². The fraction of sp³-hybridized carbons (Fsp3) is 1.00. The van der Waals surface area contributed by atoms with E-state index in [1.54, 1.807) is 0 Å². The van der Waals surface area contributed by atoms with Crippen molar-refractivity contribution in [2.75, 3.05) is 26.4 Å². The van der Waals surface area contributed by atoms with Crippen molar-refractivity contribution in [2.45, 2.75) is 58.2 Å². The van der Waals surface area contributed by atoms with Crippen LogP contribution in [0.15, 0.2) is 0 Å². The summed E-state index contributed by atoms with van der Waals surface area (Å²) in [6.07, 6.45) is 2.53. The molecule has 0 atom stereocenters. The number of likely N-dealkylation sites (tertiary alicyclic amines) is 1. The van der Waals surface area contributed by atoms with Gasteiger partial charge in [0.05, 0.1) is 13.3 Å². The van der Waals surface area contributed by atoms with E-state index >= 15 is 0 Å². The summed E-state index contributed by atoms with van der Waals surface area (Å²) in [6.45, 7) is 13.4. The van der Waals surface area contributed by atoms with Gasteiger partial charge in [0.2, 0.25) is 0 Å². The van der Waals surface area contributed by atoms with E-state index in [0.717, 1.165) is 13.3 Å². The molecule has 2 rings (SSSR count). The third-order valence-corrected chi connectivity index (χ3v) is 4.29. The molecule has 0 aromatic carbocycles. The number of rotatable bonds is 2. The number of nitrogens with zero attached hydrogens (tertiary/aromatic N) is 2. The van der Waals surface area contributed by atoms with Gasteiger partial charge in [-0.05, 0) is 40.5 Å². The molecule has 0 saturated carbocycles. The number of hydrogen-bond donors (Lipinski definition) is 0. The van der Waals surface area contributed by atoms with E-state index in [9.17, 15) is 0 Å². The molecular weight excluding hydrogens is 200 g/mol. The van der Waals surface area contributed by atoms with Gasteiger partial charge < -0.3 is 9.64 Å². The van der Waals surface area contributed by atoms with Crippen molar-refractivity contribution in [3.05, 3.63) is 0 Å². The Morgan fingerprint density at radius 2 is 1.62 bits per heavy atom. The van der Waals surface area contributed by atoms with Gasteiger partial charge >= 0.3 is 0 Å². The minimum atomic E-state index is 0.347. The van der Waals surface area contributed by atoms with Crippen LogP contribution in [-0.2, 0) is 4.74 Å². The first-order chi connectivity index (χ1) is 7.55. The maximum Gasteiger partial charge on any atom is 0.0998 e. The average molecular weight is 226 g/mol. The first kappa shape index (κ1) is 12.3. The van der Waals surface area contributed by atoms with Crippen molar-refractivity contribution in [3.8, 4) is 0 Å². The van der Waals surface area contributed by atoms with Crippen LogP contribution < -0.4 is 0 Å². The van der Waals surface area contributed by atoms with Gasteiger partial charge in [0.15, 0.2) is 0 Å². The molecular formula is C13H26N2O. The molecule has 3 heteroatoms. The fourth-order valence-corrected chi connectivity index (χ4v) is 3.14. The molecule has 0 aromatic rings. The molecule has 0 amide bonds. The second-order valence-corrected chi connectivity index (χ2v) is 5.90. The molecule has 2 aliphatic rings. The summed E-state index contributed by atoms with van der Waals surface area (Å²) in [6, 6.07) is 1.29. The maximum absolute atomic E-state index is 5.71. The van der Waals surface area contributed by atoms with Crippen LogP contribution in [0.25, 0.3) is 0 Å². The van der Waals surface area contributed by atoms with Crippen LogP contribution in [0.1, 0.15) is 40.5 Å². The molecule has 2 aliphatic heterocycles. The Labute approximate surface area is 99.7 Å². The lowest BCUT2D eigenvalue weighted by Gasteiger charge is -2.46. The fourth-order valence-electron chi connectivity index (χ4n) is 3.14. The van der Waals surface area contributed by atoms with Crippen molar-refractivity contribution in [2.24, 2.45) is 0 Å². The van der Waals surface area contributed by atoms with Crippen LogP contribution in [0.3, 0.4) is 0 Å². The van der Waals surface area contributed by atoms with Gasteiger partial charge in [-0.3, -0.25) is 4.90 Å². The van der Waals surface area contributed by atoms with Gasteiger partial charge in [0.1, 0.15) is 0 Å². The third kappa shape index (κ3) is 2.13. The number of hydrogen-bond acceptors (Lipinski definition) is 3. The summed E-state index contributed by atoms with van der Waals surface area (Å²) < 4.78 is 5.71. The highest BCUT2D eigenvalue weighted by atomic mass is 16.5. The molecule has 0 aliphatic carbocycles. The van der Waals surface area contributed by atoms with Crippen molar-refractivity contribution in [1.29, 1.82) is 0 Å². The van der Waals surface area contributed by atoms with Crippen molar-refractivity contribution in [3.63, 3.8) is 0 Å². The van der Waals surface area contributed by atoms with Crippen molar-refractivity contribution >= 4 is 0 Å². The lowest BCUT2D eigenvalue weighted by atomic mass is 9.86. The lowest BCUT2D eigenvalue weighted by molar-refractivity contribution is 0.0299. The molecule has 94 valence electrons. The van der Waals surface area contributed by atoms with E-state index in [4.69, 9.17) is 4.74 Å². The van der Waals surface area contributed by atoms with E-state index in [2.05, 4.69) is 37.5 Å². The minimum Gasteiger partial charge on any atom is -0.364 e. The molecule has 1 spiro atoms. The molecule has 2 saturated heterocycles. The standard InChI is InChI=1S/C13H26N2O/c1-11(2)14-7-5-13(6-8-14)9-16-10-15(13)12(3)4/h11-12H,5-10H2,1-4H3. The van der Waals surface area contributed by atoms with E-state index < -0.39 is 0 Å². The van der Waals surface area contributed by atoms with Gasteiger partial charge in [0, 0.05) is 30.7 Å². The van der Waals surface area contributed by atoms with E-state index in [1.165, 1.54) is 25.9 Å². The summed E-state index contributed by atoms with van der Waals surface area (Å²) in [7, 11) is 0. The Morgan fingerprint density at radius 3 is 2.12 bits per heavy atom. The predicted octanol–water partition coefficient (Wildman–Crippen LogP) is 1.93. The first-order valence-corrected chi connectivity index (χ1v) is 6.64. The molecule has 2 heterocycles. The monoisotopic (exact) mass is 226 g/mol. The quantitative estimate of drug-likeness (QED) is 0.715. The van der Waals surface area contributed by atoms with Crippen molar-refractivity contribution in [1.82, 2.24) is 9.80 Å². The highest BCUT2D eigenvalue weighted by Gasteiger charge is 2.45. The molecule has 3 nitrogen and oxygen atoms in total. The number of piperidine rings is 1. The second kappa shape index (κ2) is 4.63. The Balaban J connectivity index is 2.00. The lowest BCUT2D eigenvalue weighted by Crippen LogP contribution is -2.56. The van der Waals surface area contributed by atoms with Crippen LogP contribution >= 0.6 is 0 Å². The SMILES string of the molecule is CC(C)N1CCC2(CC1)COCN2C(C)C. The van der Waals surface area contributed by atoms with E-state index in [1.807, 2.05) is 0 Å². The minimum absolute atomic E-state index is 0.347. The first-order valence-electron chi connectivity index (χ1n) is 6.64. The largest absolute Gasteiger partial charge is 0.364 e. The summed E-state index contributed by atoms with van der Waals surface area (Å²) in [5.41, 5.74) is 0.347. The third-order valence-electron chi connectivity index (χ3n) is 4.29. The Morgan fingerprint density at radius 1 is 1.00 bits per heavy atom. The van der Waals surface area contributed by atoms with Crippen molar-refractivity contribution < 1.29 is 4.74 Å². The van der Waals surface area contributed by atoms with Crippen LogP contribution in [0.4, 0.5) is 0 Å². The molecule has 16 heavy (non-hydrogen) atoms. The van der Waals surface area contributed by atoms with E-state index in [-0.39, 0.29) is 0 Å². The van der Waals surface area contributed by atoms with Crippen LogP contribution in [0.2, 0.25) is 0 Å². The zero-order chi connectivity index (χ0) is 11.8. The smallest absolute Gasteiger partial charge is 0.0998 e. The van der Waals surface area contributed by atoms with Gasteiger partial charge in [-0.1, -0.05) is 0 Å². The molecule has 2 fully saturated rings. The van der Waals surface area contributed by atoms with Gasteiger partial charge in [-0.2, -0.15) is 0 Å². The normalized spacial score (nSPS) is 27.4. The van der Waals surface area contributed by atoms with Crippen LogP contribution in [0, 0.1) is 0 Å². The second-order valence-electron chi connectivity index (χ2n) is 5.90. The van der Waals surface area contributed by atoms with Gasteiger partial charge in [-0.25, -0.2) is 0 Å². The number of ether oxygens (including phenoxy) is 1. The Hall–Kier alpha value is -0.120. The Bertz CT molecular complexity index is 232. The van der Waals surface area contributed by atoms with Crippen LogP contribution in [-0.4, -0.2) is 53.8 Å². The highest BCUT2D eigenvalue weighted by molar-refractivity contribution is 4.98. The maximum atomic E-state index is 5.71. The van der Waals surface area contributed by atoms with Gasteiger partial charge in [-0.15, -0.1) is 0 Å². The summed E-state index contributed by atoms with van der Waals surface area (Å²) in [4.78, 5) is 5.15. The van der Waals surface area contributed by atoms with Gasteiger partial charge in [0.25, 0.3) is 0 Å². The highest BCUT2D eigenvalue weighted by Crippen LogP contribution is 2.35. The summed E-state index contributed by atoms with van der Waals surface area (Å²) in [5, 5.41) is 0. The molecule has 0 N–H and O–H groups in total. The molecule has 0 aromatic heterocycles. The predicted molar refractivity (Wildman–Crippen MR) is 66.5 cm³/mol. The molecule has 0 radical (unpaired) electrons. The average Bonchev–Trinajstić information content (AvgIpc) is 2.62. The summed E-state index contributed by atoms with van der Waals surface area (Å²) in [5.74, 6) is 0. The van der Waals surface area contributed by atoms with E-state index in [0.29, 0.717) is 17.6 Å². The van der Waals surface area contributed by atoms with Crippen LogP contribution in [0.5, 0.6) is 0 Å². The summed E-state index contributed by atoms with van der Waals surface area (Å²) >= 11 is 0. The Kier molecular flexibility index (Phi) is 3.57. The molecule has 0 unspecified atom stereocenters.